The first-order valence-corrected chi connectivity index (χ1v) is 6.02. The lowest BCUT2D eigenvalue weighted by Gasteiger charge is -2.18. The van der Waals surface area contributed by atoms with Gasteiger partial charge in [0.25, 0.3) is 0 Å². The van der Waals surface area contributed by atoms with Gasteiger partial charge in [0.2, 0.25) is 0 Å². The first kappa shape index (κ1) is 11.0. The number of hydrogen-bond donors (Lipinski definition) is 2. The molecule has 2 amide bonds. The normalized spacial score (nSPS) is 28.7. The molecular formula is C11H10Cl2N2O2. The van der Waals surface area contributed by atoms with Gasteiger partial charge in [0.05, 0.1) is 11.6 Å². The van der Waals surface area contributed by atoms with E-state index in [0.717, 1.165) is 5.56 Å². The van der Waals surface area contributed by atoms with Crippen LogP contribution >= 0.6 is 23.2 Å². The van der Waals surface area contributed by atoms with Crippen LogP contribution in [0.15, 0.2) is 12.1 Å². The number of carbonyl (C=O) groups is 1. The molecular weight excluding hydrogens is 263 g/mol. The zero-order valence-electron chi connectivity index (χ0n) is 8.74. The monoisotopic (exact) mass is 272 g/mol. The second-order valence-corrected chi connectivity index (χ2v) is 5.12. The molecule has 3 unspecified atom stereocenters. The number of rotatable bonds is 1. The average Bonchev–Trinajstić information content (AvgIpc) is 2.96. The molecule has 3 atom stereocenters. The topological polar surface area (TPSA) is 64.4 Å². The summed E-state index contributed by atoms with van der Waals surface area (Å²) in [6.45, 7) is 0.530. The van der Waals surface area contributed by atoms with E-state index in [9.17, 15) is 4.79 Å². The van der Waals surface area contributed by atoms with Gasteiger partial charge in [-0.25, -0.2) is 4.79 Å². The van der Waals surface area contributed by atoms with E-state index in [0.29, 0.717) is 22.4 Å². The number of nitrogens with two attached hydrogens (primary N) is 1. The van der Waals surface area contributed by atoms with Gasteiger partial charge in [0, 0.05) is 28.5 Å². The smallest absolute Gasteiger partial charge is 0.312 e. The van der Waals surface area contributed by atoms with E-state index in [-0.39, 0.29) is 17.9 Å². The van der Waals surface area contributed by atoms with Crippen molar-refractivity contribution in [2.45, 2.75) is 12.0 Å². The van der Waals surface area contributed by atoms with Crippen LogP contribution in [0.3, 0.4) is 0 Å². The highest BCUT2D eigenvalue weighted by molar-refractivity contribution is 6.35. The van der Waals surface area contributed by atoms with Crippen LogP contribution in [0, 0.1) is 5.92 Å². The van der Waals surface area contributed by atoms with Gasteiger partial charge < -0.3 is 15.8 Å². The van der Waals surface area contributed by atoms with E-state index < -0.39 is 6.03 Å². The minimum Gasteiger partial charge on any atom is -0.491 e. The molecule has 17 heavy (non-hydrogen) atoms. The van der Waals surface area contributed by atoms with Gasteiger partial charge in [-0.1, -0.05) is 23.2 Å². The van der Waals surface area contributed by atoms with Gasteiger partial charge >= 0.3 is 6.03 Å². The Bertz CT molecular complexity index is 506. The largest absolute Gasteiger partial charge is 0.491 e. The van der Waals surface area contributed by atoms with E-state index >= 15 is 0 Å². The van der Waals surface area contributed by atoms with Crippen LogP contribution in [0.5, 0.6) is 5.75 Å². The van der Waals surface area contributed by atoms with Crippen molar-refractivity contribution in [3.8, 4) is 5.75 Å². The molecule has 1 heterocycles. The van der Waals surface area contributed by atoms with E-state index in [2.05, 4.69) is 5.32 Å². The van der Waals surface area contributed by atoms with Gasteiger partial charge in [-0.05, 0) is 12.1 Å². The summed E-state index contributed by atoms with van der Waals surface area (Å²) in [5, 5.41) is 3.87. The third kappa shape index (κ3) is 1.63. The molecule has 1 saturated carbocycles. The predicted octanol–water partition coefficient (Wildman–Crippen LogP) is 2.14. The number of nitrogens with one attached hydrogen (secondary N) is 1. The molecule has 1 fully saturated rings. The lowest BCUT2D eigenvalue weighted by molar-refractivity contribution is 0.246. The van der Waals surface area contributed by atoms with Gasteiger partial charge in [0.15, 0.2) is 0 Å². The Balaban J connectivity index is 1.98. The molecule has 0 aromatic heterocycles. The number of ether oxygens (including phenoxy) is 1. The lowest BCUT2D eigenvalue weighted by atomic mass is 10.1. The fourth-order valence-electron chi connectivity index (χ4n) is 2.52. The molecule has 0 spiro atoms. The van der Waals surface area contributed by atoms with Gasteiger partial charge in [-0.3, -0.25) is 0 Å². The number of amides is 2. The maximum Gasteiger partial charge on any atom is 0.312 e. The van der Waals surface area contributed by atoms with Gasteiger partial charge in [0.1, 0.15) is 5.75 Å². The zero-order chi connectivity index (χ0) is 12.2. The van der Waals surface area contributed by atoms with E-state index in [1.54, 1.807) is 12.1 Å². The number of benzene rings is 1. The van der Waals surface area contributed by atoms with E-state index in [1.165, 1.54) is 0 Å². The predicted molar refractivity (Wildman–Crippen MR) is 64.7 cm³/mol. The molecule has 4 nitrogen and oxygen atoms in total. The summed E-state index contributed by atoms with van der Waals surface area (Å²) in [7, 11) is 0. The van der Waals surface area contributed by atoms with Crippen LogP contribution in [0.25, 0.3) is 0 Å². The molecule has 1 aliphatic heterocycles. The second kappa shape index (κ2) is 3.68. The van der Waals surface area contributed by atoms with Crippen molar-refractivity contribution < 1.29 is 9.53 Å². The van der Waals surface area contributed by atoms with Gasteiger partial charge in [-0.15, -0.1) is 0 Å². The molecule has 3 rings (SSSR count). The first-order valence-electron chi connectivity index (χ1n) is 5.26. The molecule has 1 aromatic rings. The minimum absolute atomic E-state index is 0.00437. The van der Waals surface area contributed by atoms with Crippen molar-refractivity contribution in [3.05, 3.63) is 27.7 Å². The van der Waals surface area contributed by atoms with E-state index in [1.807, 2.05) is 0 Å². The number of hydrogen-bond acceptors (Lipinski definition) is 2. The highest BCUT2D eigenvalue weighted by Gasteiger charge is 2.56. The fourth-order valence-corrected chi connectivity index (χ4v) is 3.02. The summed E-state index contributed by atoms with van der Waals surface area (Å²) in [6.07, 6.45) is 0. The second-order valence-electron chi connectivity index (χ2n) is 4.31. The highest BCUT2D eigenvalue weighted by atomic mass is 35.5. The van der Waals surface area contributed by atoms with Crippen LogP contribution in [-0.4, -0.2) is 18.7 Å². The molecule has 2 aliphatic rings. The Morgan fingerprint density at radius 3 is 2.82 bits per heavy atom. The number of halogens is 2. The van der Waals surface area contributed by atoms with Crippen LogP contribution in [0.4, 0.5) is 4.79 Å². The van der Waals surface area contributed by atoms with Crippen LogP contribution in [0.1, 0.15) is 11.5 Å². The Hall–Kier alpha value is -1.13. The molecule has 0 bridgehead atoms. The Kier molecular flexibility index (Phi) is 2.38. The highest BCUT2D eigenvalue weighted by Crippen LogP contribution is 2.57. The third-order valence-corrected chi connectivity index (χ3v) is 3.95. The summed E-state index contributed by atoms with van der Waals surface area (Å²) < 4.78 is 5.59. The Morgan fingerprint density at radius 2 is 2.12 bits per heavy atom. The maximum absolute atomic E-state index is 10.9. The van der Waals surface area contributed by atoms with Crippen LogP contribution in [0.2, 0.25) is 10.0 Å². The maximum atomic E-state index is 10.9. The van der Waals surface area contributed by atoms with Crippen molar-refractivity contribution in [2.75, 3.05) is 6.61 Å². The van der Waals surface area contributed by atoms with Crippen molar-refractivity contribution in [3.63, 3.8) is 0 Å². The minimum atomic E-state index is -0.524. The molecule has 0 radical (unpaired) electrons. The van der Waals surface area contributed by atoms with E-state index in [4.69, 9.17) is 33.7 Å². The van der Waals surface area contributed by atoms with Crippen molar-refractivity contribution in [2.24, 2.45) is 11.7 Å². The molecule has 1 aromatic carbocycles. The van der Waals surface area contributed by atoms with Gasteiger partial charge in [-0.2, -0.15) is 0 Å². The number of carbonyl (C=O) groups excluding carboxylic acids is 1. The number of fused-ring (bicyclic) bond motifs is 3. The summed E-state index contributed by atoms with van der Waals surface area (Å²) in [5.41, 5.74) is 6.01. The SMILES string of the molecule is NC(=O)NC1C2COc3c(Cl)ccc(Cl)c3C21. The van der Waals surface area contributed by atoms with Crippen molar-refractivity contribution in [1.29, 1.82) is 0 Å². The number of urea groups is 1. The lowest BCUT2D eigenvalue weighted by Crippen LogP contribution is -2.32. The van der Waals surface area contributed by atoms with Crippen LogP contribution < -0.4 is 15.8 Å². The van der Waals surface area contributed by atoms with Crippen LogP contribution in [-0.2, 0) is 0 Å². The molecule has 6 heteroatoms. The summed E-state index contributed by atoms with van der Waals surface area (Å²) in [4.78, 5) is 10.9. The number of primary amides is 1. The molecule has 3 N–H and O–H groups in total. The van der Waals surface area contributed by atoms with Crippen molar-refractivity contribution in [1.82, 2.24) is 5.32 Å². The first-order chi connectivity index (χ1) is 8.09. The quantitative estimate of drug-likeness (QED) is 0.823. The average molecular weight is 273 g/mol. The fraction of sp³-hybridized carbons (Fsp3) is 0.364. The molecule has 90 valence electrons. The summed E-state index contributed by atoms with van der Waals surface area (Å²) in [5.74, 6) is 1.04. The Labute approximate surface area is 108 Å². The third-order valence-electron chi connectivity index (χ3n) is 3.33. The standard InChI is InChI=1S/C11H10Cl2N2O2/c12-5-1-2-6(13)10-8(5)7-4(3-17-10)9(7)15-11(14)16/h1-2,4,7,9H,3H2,(H3,14,15,16). The summed E-state index contributed by atoms with van der Waals surface area (Å²) in [6, 6.07) is 2.93. The Morgan fingerprint density at radius 1 is 1.41 bits per heavy atom. The summed E-state index contributed by atoms with van der Waals surface area (Å²) >= 11 is 12.2. The molecule has 1 aliphatic carbocycles. The van der Waals surface area contributed by atoms with Crippen molar-refractivity contribution >= 4 is 29.2 Å². The molecule has 0 saturated heterocycles. The zero-order valence-corrected chi connectivity index (χ0v) is 10.3.